The molecule has 1 aromatic carbocycles. The molecule has 2 nitrogen and oxygen atoms in total. The standard InChI is InChI=1S/C17H26N2S/c1-4-6-11-20-17-9-7-16(8-10-17)19-13-15(14-19)12-18(3)5-2/h4,6-10,15H,5,11-14H2,1-3H3/b6-4-. The van der Waals surface area contributed by atoms with Crippen molar-refractivity contribution in [1.29, 1.82) is 0 Å². The summed E-state index contributed by atoms with van der Waals surface area (Å²) in [7, 11) is 2.21. The van der Waals surface area contributed by atoms with E-state index in [0.29, 0.717) is 0 Å². The third-order valence-electron chi connectivity index (χ3n) is 3.85. The molecule has 0 bridgehead atoms. The van der Waals surface area contributed by atoms with Crippen molar-refractivity contribution in [2.45, 2.75) is 18.7 Å². The number of hydrogen-bond donors (Lipinski definition) is 0. The second-order valence-electron chi connectivity index (χ2n) is 5.50. The van der Waals surface area contributed by atoms with E-state index in [-0.39, 0.29) is 0 Å². The van der Waals surface area contributed by atoms with Gasteiger partial charge in [0.15, 0.2) is 0 Å². The number of nitrogens with zero attached hydrogens (tertiary/aromatic N) is 2. The number of anilines is 1. The smallest absolute Gasteiger partial charge is 0.0367 e. The summed E-state index contributed by atoms with van der Waals surface area (Å²) >= 11 is 1.89. The molecule has 1 aromatic rings. The SMILES string of the molecule is C/C=C\CSc1ccc(N2CC(CN(C)CC)C2)cc1. The van der Waals surface area contributed by atoms with Crippen LogP contribution in [0.25, 0.3) is 0 Å². The molecule has 1 heterocycles. The van der Waals surface area contributed by atoms with Crippen molar-refractivity contribution in [1.82, 2.24) is 4.90 Å². The molecular weight excluding hydrogens is 264 g/mol. The molecule has 0 radical (unpaired) electrons. The van der Waals surface area contributed by atoms with Gasteiger partial charge >= 0.3 is 0 Å². The second-order valence-corrected chi connectivity index (χ2v) is 6.59. The second kappa shape index (κ2) is 7.75. The highest BCUT2D eigenvalue weighted by atomic mass is 32.2. The molecule has 2 rings (SSSR count). The van der Waals surface area contributed by atoms with Crippen LogP contribution in [0.5, 0.6) is 0 Å². The molecule has 0 amide bonds. The number of hydrogen-bond acceptors (Lipinski definition) is 3. The third-order valence-corrected chi connectivity index (χ3v) is 4.82. The number of allylic oxidation sites excluding steroid dienone is 1. The van der Waals surface area contributed by atoms with E-state index in [9.17, 15) is 0 Å². The summed E-state index contributed by atoms with van der Waals surface area (Å²) in [6, 6.07) is 9.01. The van der Waals surface area contributed by atoms with E-state index in [2.05, 4.69) is 67.1 Å². The first-order valence-corrected chi connectivity index (χ1v) is 8.49. The fourth-order valence-electron chi connectivity index (χ4n) is 2.46. The van der Waals surface area contributed by atoms with Crippen molar-refractivity contribution in [2.75, 3.05) is 43.9 Å². The van der Waals surface area contributed by atoms with Gasteiger partial charge in [0.1, 0.15) is 0 Å². The summed E-state index contributed by atoms with van der Waals surface area (Å²) in [5.41, 5.74) is 1.37. The zero-order valence-corrected chi connectivity index (χ0v) is 13.7. The maximum absolute atomic E-state index is 2.48. The highest BCUT2D eigenvalue weighted by Gasteiger charge is 2.27. The quantitative estimate of drug-likeness (QED) is 0.558. The van der Waals surface area contributed by atoms with Crippen LogP contribution in [0, 0.1) is 5.92 Å². The van der Waals surface area contributed by atoms with Crippen LogP contribution in [0.4, 0.5) is 5.69 Å². The first-order valence-electron chi connectivity index (χ1n) is 7.50. The van der Waals surface area contributed by atoms with Crippen molar-refractivity contribution in [3.05, 3.63) is 36.4 Å². The zero-order chi connectivity index (χ0) is 14.4. The number of thioether (sulfide) groups is 1. The summed E-state index contributed by atoms with van der Waals surface area (Å²) in [6.07, 6.45) is 4.30. The van der Waals surface area contributed by atoms with E-state index in [1.807, 2.05) is 11.8 Å². The predicted molar refractivity (Wildman–Crippen MR) is 90.9 cm³/mol. The Hall–Kier alpha value is -0.930. The third kappa shape index (κ3) is 4.29. The fraction of sp³-hybridized carbons (Fsp3) is 0.529. The fourth-order valence-corrected chi connectivity index (χ4v) is 3.27. The Kier molecular flexibility index (Phi) is 5.99. The summed E-state index contributed by atoms with van der Waals surface area (Å²) in [5, 5.41) is 0. The van der Waals surface area contributed by atoms with E-state index < -0.39 is 0 Å². The van der Waals surface area contributed by atoms with Gasteiger partial charge in [0.25, 0.3) is 0 Å². The van der Waals surface area contributed by atoms with Crippen LogP contribution in [0.3, 0.4) is 0 Å². The Morgan fingerprint density at radius 2 is 2.00 bits per heavy atom. The molecule has 0 N–H and O–H groups in total. The summed E-state index contributed by atoms with van der Waals surface area (Å²) in [4.78, 5) is 6.24. The molecule has 1 aliphatic heterocycles. The molecule has 0 unspecified atom stereocenters. The number of benzene rings is 1. The minimum atomic E-state index is 0.837. The van der Waals surface area contributed by atoms with Crippen molar-refractivity contribution in [3.63, 3.8) is 0 Å². The van der Waals surface area contributed by atoms with E-state index in [1.54, 1.807) is 0 Å². The van der Waals surface area contributed by atoms with E-state index in [4.69, 9.17) is 0 Å². The van der Waals surface area contributed by atoms with Crippen LogP contribution in [0.15, 0.2) is 41.3 Å². The van der Waals surface area contributed by atoms with E-state index in [0.717, 1.165) is 18.2 Å². The molecule has 0 atom stereocenters. The first kappa shape index (κ1) is 15.5. The Bertz CT molecular complexity index is 421. The normalized spacial score (nSPS) is 16.1. The summed E-state index contributed by atoms with van der Waals surface area (Å²) in [6.45, 7) is 9.07. The highest BCUT2D eigenvalue weighted by molar-refractivity contribution is 7.99. The lowest BCUT2D eigenvalue weighted by Gasteiger charge is -2.42. The highest BCUT2D eigenvalue weighted by Crippen LogP contribution is 2.27. The molecule has 0 aliphatic carbocycles. The molecule has 0 saturated carbocycles. The van der Waals surface area contributed by atoms with Gasteiger partial charge in [0.05, 0.1) is 0 Å². The maximum Gasteiger partial charge on any atom is 0.0367 e. The molecule has 110 valence electrons. The molecule has 1 fully saturated rings. The van der Waals surface area contributed by atoms with Crippen LogP contribution < -0.4 is 4.90 Å². The molecule has 3 heteroatoms. The van der Waals surface area contributed by atoms with Gasteiger partial charge in [-0.1, -0.05) is 19.1 Å². The van der Waals surface area contributed by atoms with Gasteiger partial charge in [-0.25, -0.2) is 0 Å². The lowest BCUT2D eigenvalue weighted by Crippen LogP contribution is -2.51. The Balaban J connectivity index is 1.77. The molecule has 0 spiro atoms. The minimum absolute atomic E-state index is 0.837. The van der Waals surface area contributed by atoms with Crippen LogP contribution >= 0.6 is 11.8 Å². The van der Waals surface area contributed by atoms with Crippen molar-refractivity contribution in [2.24, 2.45) is 5.92 Å². The average molecular weight is 290 g/mol. The van der Waals surface area contributed by atoms with Gasteiger partial charge in [0.2, 0.25) is 0 Å². The van der Waals surface area contributed by atoms with Gasteiger partial charge in [-0.2, -0.15) is 0 Å². The van der Waals surface area contributed by atoms with E-state index >= 15 is 0 Å². The monoisotopic (exact) mass is 290 g/mol. The average Bonchev–Trinajstić information content (AvgIpc) is 2.43. The lowest BCUT2D eigenvalue weighted by molar-refractivity contribution is 0.256. The molecular formula is C17H26N2S. The topological polar surface area (TPSA) is 6.48 Å². The van der Waals surface area contributed by atoms with Gasteiger partial charge in [-0.15, -0.1) is 11.8 Å². The maximum atomic E-state index is 2.48. The molecule has 1 aliphatic rings. The lowest BCUT2D eigenvalue weighted by atomic mass is 9.98. The minimum Gasteiger partial charge on any atom is -0.371 e. The largest absolute Gasteiger partial charge is 0.371 e. The van der Waals surface area contributed by atoms with Gasteiger partial charge < -0.3 is 9.80 Å². The van der Waals surface area contributed by atoms with Crippen LogP contribution in [0.1, 0.15) is 13.8 Å². The van der Waals surface area contributed by atoms with Crippen LogP contribution in [-0.2, 0) is 0 Å². The Morgan fingerprint density at radius 3 is 2.60 bits per heavy atom. The van der Waals surface area contributed by atoms with E-state index in [1.165, 1.54) is 30.2 Å². The Morgan fingerprint density at radius 1 is 1.30 bits per heavy atom. The zero-order valence-electron chi connectivity index (χ0n) is 12.9. The number of rotatable bonds is 7. The van der Waals surface area contributed by atoms with Crippen molar-refractivity contribution >= 4 is 17.4 Å². The van der Waals surface area contributed by atoms with Crippen LogP contribution in [-0.4, -0.2) is 43.9 Å². The summed E-state index contributed by atoms with van der Waals surface area (Å²) in [5.74, 6) is 1.90. The molecule has 0 aromatic heterocycles. The van der Waals surface area contributed by atoms with Gasteiger partial charge in [-0.05, 0) is 44.8 Å². The van der Waals surface area contributed by atoms with Crippen molar-refractivity contribution < 1.29 is 0 Å². The van der Waals surface area contributed by atoms with Gasteiger partial charge in [-0.3, -0.25) is 0 Å². The predicted octanol–water partition coefficient (Wildman–Crippen LogP) is 3.74. The van der Waals surface area contributed by atoms with Gasteiger partial charge in [0, 0.05) is 41.9 Å². The molecule has 1 saturated heterocycles. The Labute approximate surface area is 127 Å². The molecule has 20 heavy (non-hydrogen) atoms. The first-order chi connectivity index (χ1) is 9.72. The van der Waals surface area contributed by atoms with Crippen molar-refractivity contribution in [3.8, 4) is 0 Å². The summed E-state index contributed by atoms with van der Waals surface area (Å²) < 4.78 is 0. The van der Waals surface area contributed by atoms with Crippen LogP contribution in [0.2, 0.25) is 0 Å².